The highest BCUT2D eigenvalue weighted by molar-refractivity contribution is 6.34. The van der Waals surface area contributed by atoms with E-state index in [4.69, 9.17) is 21.1 Å². The number of fused-ring (bicyclic) bond motifs is 1. The molecule has 7 nitrogen and oxygen atoms in total. The van der Waals surface area contributed by atoms with Crippen LogP contribution in [0.25, 0.3) is 27.8 Å². The van der Waals surface area contributed by atoms with Crippen molar-refractivity contribution in [2.75, 3.05) is 19.7 Å². The Kier molecular flexibility index (Phi) is 6.58. The molecule has 8 heteroatoms. The Morgan fingerprint density at radius 1 is 1.08 bits per heavy atom. The first-order valence-corrected chi connectivity index (χ1v) is 12.4. The number of nitrogens with zero attached hydrogens (tertiary/aromatic N) is 4. The third-order valence-corrected chi connectivity index (χ3v) is 6.43. The number of carbonyl (C=O) groups is 1. The summed E-state index contributed by atoms with van der Waals surface area (Å²) in [5, 5.41) is 0.409. The van der Waals surface area contributed by atoms with E-state index < -0.39 is 5.60 Å². The van der Waals surface area contributed by atoms with E-state index in [1.54, 1.807) is 4.90 Å². The Labute approximate surface area is 215 Å². The van der Waals surface area contributed by atoms with Crippen molar-refractivity contribution in [2.45, 2.75) is 32.8 Å². The zero-order valence-corrected chi connectivity index (χ0v) is 21.4. The van der Waals surface area contributed by atoms with Crippen LogP contribution in [-0.4, -0.2) is 50.8 Å². The summed E-state index contributed by atoms with van der Waals surface area (Å²) in [4.78, 5) is 22.8. The minimum atomic E-state index is -0.488. The van der Waals surface area contributed by atoms with Crippen LogP contribution in [-0.2, 0) is 4.74 Å². The minimum absolute atomic E-state index is 0.257. The largest absolute Gasteiger partial charge is 0.493 e. The maximum Gasteiger partial charge on any atom is 0.410 e. The summed E-state index contributed by atoms with van der Waals surface area (Å²) < 4.78 is 13.6. The molecule has 1 amide bonds. The van der Waals surface area contributed by atoms with Gasteiger partial charge in [0.05, 0.1) is 6.61 Å². The summed E-state index contributed by atoms with van der Waals surface area (Å²) in [6, 6.07) is 18.0. The lowest BCUT2D eigenvalue weighted by molar-refractivity contribution is 0.0285. The Morgan fingerprint density at radius 3 is 2.56 bits per heavy atom. The molecule has 0 aliphatic carbocycles. The second kappa shape index (κ2) is 9.82. The summed E-state index contributed by atoms with van der Waals surface area (Å²) in [6.45, 7) is 7.53. The fraction of sp³-hybridized carbons (Fsp3) is 0.321. The molecule has 0 N–H and O–H groups in total. The SMILES string of the molecule is CC(C)(C)OC(=O)N1CCC(COc2ccc(-c3cn(-c4ccccc4)c4c(Cl)ncnc34)cc2)C1. The van der Waals surface area contributed by atoms with Crippen molar-refractivity contribution >= 4 is 28.7 Å². The zero-order chi connectivity index (χ0) is 25.3. The number of likely N-dealkylation sites (tertiary alicyclic amines) is 1. The molecule has 5 rings (SSSR count). The molecule has 1 aliphatic rings. The van der Waals surface area contributed by atoms with Crippen LogP contribution < -0.4 is 4.74 Å². The van der Waals surface area contributed by atoms with Crippen LogP contribution in [0.1, 0.15) is 27.2 Å². The lowest BCUT2D eigenvalue weighted by atomic mass is 10.1. The molecule has 2 aromatic carbocycles. The first-order chi connectivity index (χ1) is 17.3. The highest BCUT2D eigenvalue weighted by Gasteiger charge is 2.30. The normalized spacial score (nSPS) is 15.9. The van der Waals surface area contributed by atoms with Crippen LogP contribution in [0.2, 0.25) is 5.15 Å². The topological polar surface area (TPSA) is 69.5 Å². The van der Waals surface area contributed by atoms with E-state index in [0.717, 1.165) is 40.0 Å². The highest BCUT2D eigenvalue weighted by Crippen LogP contribution is 2.34. The van der Waals surface area contributed by atoms with Gasteiger partial charge in [-0.15, -0.1) is 0 Å². The van der Waals surface area contributed by atoms with Crippen LogP contribution in [0.15, 0.2) is 67.1 Å². The molecule has 4 aromatic rings. The molecule has 1 fully saturated rings. The second-order valence-electron chi connectivity index (χ2n) is 10.0. The molecule has 1 aliphatic heterocycles. The van der Waals surface area contributed by atoms with Gasteiger partial charge in [0, 0.05) is 36.5 Å². The summed E-state index contributed by atoms with van der Waals surface area (Å²) in [7, 11) is 0. The molecule has 0 radical (unpaired) electrons. The quantitative estimate of drug-likeness (QED) is 0.295. The number of para-hydroxylation sites is 1. The molecule has 0 saturated carbocycles. The Hall–Kier alpha value is -3.58. The molecule has 0 bridgehead atoms. The number of hydrogen-bond donors (Lipinski definition) is 0. The van der Waals surface area contributed by atoms with Crippen molar-refractivity contribution < 1.29 is 14.3 Å². The van der Waals surface area contributed by atoms with Crippen LogP contribution in [0.3, 0.4) is 0 Å². The fourth-order valence-corrected chi connectivity index (χ4v) is 4.66. The van der Waals surface area contributed by atoms with E-state index in [9.17, 15) is 4.79 Å². The van der Waals surface area contributed by atoms with Crippen molar-refractivity contribution in [1.29, 1.82) is 0 Å². The van der Waals surface area contributed by atoms with Crippen LogP contribution in [0.4, 0.5) is 4.79 Å². The molecule has 36 heavy (non-hydrogen) atoms. The molecule has 3 heterocycles. The van der Waals surface area contributed by atoms with Crippen molar-refractivity contribution in [1.82, 2.24) is 19.4 Å². The van der Waals surface area contributed by atoms with E-state index >= 15 is 0 Å². The van der Waals surface area contributed by atoms with Crippen LogP contribution in [0.5, 0.6) is 5.75 Å². The van der Waals surface area contributed by atoms with Crippen molar-refractivity contribution in [2.24, 2.45) is 5.92 Å². The second-order valence-corrected chi connectivity index (χ2v) is 10.4. The summed E-state index contributed by atoms with van der Waals surface area (Å²) in [5.41, 5.74) is 4.04. The van der Waals surface area contributed by atoms with Crippen molar-refractivity contribution in [3.63, 3.8) is 0 Å². The Bertz CT molecular complexity index is 1360. The van der Waals surface area contributed by atoms with Gasteiger partial charge >= 0.3 is 6.09 Å². The van der Waals surface area contributed by atoms with Gasteiger partial charge in [-0.25, -0.2) is 14.8 Å². The van der Waals surface area contributed by atoms with Crippen LogP contribution >= 0.6 is 11.6 Å². The molecule has 2 aromatic heterocycles. The summed E-state index contributed by atoms with van der Waals surface area (Å²) in [6.07, 6.45) is 4.17. The molecule has 1 unspecified atom stereocenters. The zero-order valence-electron chi connectivity index (χ0n) is 20.6. The molecular weight excluding hydrogens is 476 g/mol. The van der Waals surface area contributed by atoms with Gasteiger partial charge in [0.2, 0.25) is 0 Å². The summed E-state index contributed by atoms with van der Waals surface area (Å²) >= 11 is 6.48. The molecule has 186 valence electrons. The predicted octanol–water partition coefficient (Wildman–Crippen LogP) is 6.38. The minimum Gasteiger partial charge on any atom is -0.493 e. The number of amides is 1. The van der Waals surface area contributed by atoms with Gasteiger partial charge in [0.25, 0.3) is 0 Å². The van der Waals surface area contributed by atoms with Crippen LogP contribution in [0, 0.1) is 5.92 Å². The number of ether oxygens (including phenoxy) is 2. The molecule has 0 spiro atoms. The Morgan fingerprint density at radius 2 is 1.83 bits per heavy atom. The fourth-order valence-electron chi connectivity index (χ4n) is 4.43. The first-order valence-electron chi connectivity index (χ1n) is 12.1. The van der Waals surface area contributed by atoms with E-state index in [-0.39, 0.29) is 12.0 Å². The maximum atomic E-state index is 12.3. The molecule has 1 saturated heterocycles. The maximum absolute atomic E-state index is 12.3. The number of carbonyl (C=O) groups excluding carboxylic acids is 1. The first kappa shape index (κ1) is 24.1. The number of aromatic nitrogens is 3. The van der Waals surface area contributed by atoms with Gasteiger partial charge in [-0.1, -0.05) is 41.9 Å². The molecule has 1 atom stereocenters. The van der Waals surface area contributed by atoms with Crippen molar-refractivity contribution in [3.8, 4) is 22.6 Å². The van der Waals surface area contributed by atoms with Gasteiger partial charge in [-0.05, 0) is 57.0 Å². The van der Waals surface area contributed by atoms with Gasteiger partial charge in [-0.3, -0.25) is 0 Å². The number of halogens is 1. The average Bonchev–Trinajstić information content (AvgIpc) is 3.49. The van der Waals surface area contributed by atoms with Gasteiger partial charge in [0.1, 0.15) is 28.7 Å². The lowest BCUT2D eigenvalue weighted by Crippen LogP contribution is -2.35. The monoisotopic (exact) mass is 504 g/mol. The van der Waals surface area contributed by atoms with Gasteiger partial charge < -0.3 is 18.9 Å². The lowest BCUT2D eigenvalue weighted by Gasteiger charge is -2.24. The smallest absolute Gasteiger partial charge is 0.410 e. The number of hydrogen-bond acceptors (Lipinski definition) is 5. The highest BCUT2D eigenvalue weighted by atomic mass is 35.5. The van der Waals surface area contributed by atoms with Crippen molar-refractivity contribution in [3.05, 3.63) is 72.3 Å². The van der Waals surface area contributed by atoms with E-state index in [0.29, 0.717) is 24.8 Å². The van der Waals surface area contributed by atoms with E-state index in [1.807, 2.05) is 86.1 Å². The van der Waals surface area contributed by atoms with E-state index in [1.165, 1.54) is 6.33 Å². The number of benzene rings is 2. The van der Waals surface area contributed by atoms with E-state index in [2.05, 4.69) is 9.97 Å². The third kappa shape index (κ3) is 5.16. The predicted molar refractivity (Wildman–Crippen MR) is 141 cm³/mol. The number of rotatable bonds is 5. The average molecular weight is 505 g/mol. The molecular formula is C28H29ClN4O3. The standard InChI is InChI=1S/C28H29ClN4O3/c1-28(2,3)36-27(34)32-14-13-19(15-32)17-35-22-11-9-20(10-12-22)23-16-33(21-7-5-4-6-8-21)25-24(23)30-18-31-26(25)29/h4-12,16,18-19H,13-15,17H2,1-3H3. The summed E-state index contributed by atoms with van der Waals surface area (Å²) in [5.74, 6) is 1.06. The van der Waals surface area contributed by atoms with Gasteiger partial charge in [-0.2, -0.15) is 0 Å². The Balaban J connectivity index is 1.29. The third-order valence-electron chi connectivity index (χ3n) is 6.15. The van der Waals surface area contributed by atoms with Gasteiger partial charge in [0.15, 0.2) is 5.15 Å².